The first-order valence-corrected chi connectivity index (χ1v) is 5.89. The highest BCUT2D eigenvalue weighted by Gasteiger charge is 2.34. The van der Waals surface area contributed by atoms with Gasteiger partial charge >= 0.3 is 0 Å². The molecule has 3 heteroatoms. The molecule has 0 spiro atoms. The molecule has 1 saturated carbocycles. The summed E-state index contributed by atoms with van der Waals surface area (Å²) in [6, 6.07) is 6.48. The predicted octanol–water partition coefficient (Wildman–Crippen LogP) is 2.53. The molecule has 1 fully saturated rings. The maximum absolute atomic E-state index is 11.7. The quantitative estimate of drug-likeness (QED) is 0.757. The first kappa shape index (κ1) is 9.70. The van der Waals surface area contributed by atoms with Crippen LogP contribution in [0.15, 0.2) is 18.2 Å². The second-order valence-electron chi connectivity index (χ2n) is 4.89. The Morgan fingerprint density at radius 3 is 2.81 bits per heavy atom. The van der Waals surface area contributed by atoms with Crippen LogP contribution in [-0.4, -0.2) is 11.9 Å². The minimum atomic E-state index is 0.133. The van der Waals surface area contributed by atoms with Gasteiger partial charge in [0.05, 0.1) is 11.4 Å². The summed E-state index contributed by atoms with van der Waals surface area (Å²) >= 11 is 0. The number of nitrogens with one attached hydrogen (secondary N) is 2. The third kappa shape index (κ3) is 1.77. The largest absolute Gasteiger partial charge is 0.380 e. The summed E-state index contributed by atoms with van der Waals surface area (Å²) in [5.74, 6) is 0.826. The Morgan fingerprint density at radius 1 is 1.25 bits per heavy atom. The van der Waals surface area contributed by atoms with Crippen LogP contribution >= 0.6 is 0 Å². The van der Waals surface area contributed by atoms with E-state index in [0.29, 0.717) is 18.4 Å². The lowest BCUT2D eigenvalue weighted by Gasteiger charge is -2.15. The molecule has 3 rings (SSSR count). The highest BCUT2D eigenvalue weighted by molar-refractivity contribution is 5.96. The van der Waals surface area contributed by atoms with Crippen LogP contribution in [-0.2, 0) is 4.79 Å². The van der Waals surface area contributed by atoms with E-state index in [-0.39, 0.29) is 5.91 Å². The Bertz CT molecular complexity index is 438. The van der Waals surface area contributed by atoms with Crippen LogP contribution < -0.4 is 10.6 Å². The van der Waals surface area contributed by atoms with Crippen molar-refractivity contribution in [3.8, 4) is 0 Å². The lowest BCUT2D eigenvalue weighted by atomic mass is 10.1. The molecule has 84 valence electrons. The van der Waals surface area contributed by atoms with Gasteiger partial charge in [-0.25, -0.2) is 0 Å². The molecule has 2 aliphatic rings. The number of carbonyl (C=O) groups is 1. The fraction of sp³-hybridized carbons (Fsp3) is 0.462. The molecule has 1 aromatic carbocycles. The maximum atomic E-state index is 11.7. The van der Waals surface area contributed by atoms with E-state index in [0.717, 1.165) is 11.4 Å². The number of carbonyl (C=O) groups excluding carboxylic acids is 1. The summed E-state index contributed by atoms with van der Waals surface area (Å²) < 4.78 is 0. The Hall–Kier alpha value is -1.51. The summed E-state index contributed by atoms with van der Waals surface area (Å²) in [4.78, 5) is 11.7. The molecule has 0 radical (unpaired) electrons. The van der Waals surface area contributed by atoms with Crippen LogP contribution in [0.4, 0.5) is 11.4 Å². The van der Waals surface area contributed by atoms with Gasteiger partial charge in [-0.2, -0.15) is 0 Å². The second-order valence-corrected chi connectivity index (χ2v) is 4.89. The van der Waals surface area contributed by atoms with Crippen molar-refractivity contribution in [3.05, 3.63) is 23.8 Å². The van der Waals surface area contributed by atoms with E-state index in [9.17, 15) is 4.79 Å². The van der Waals surface area contributed by atoms with Gasteiger partial charge in [0.15, 0.2) is 0 Å². The predicted molar refractivity (Wildman–Crippen MR) is 64.6 cm³/mol. The maximum Gasteiger partial charge on any atom is 0.226 e. The van der Waals surface area contributed by atoms with Crippen molar-refractivity contribution in [2.75, 3.05) is 10.6 Å². The Kier molecular flexibility index (Phi) is 2.13. The van der Waals surface area contributed by atoms with E-state index in [4.69, 9.17) is 0 Å². The highest BCUT2D eigenvalue weighted by atomic mass is 16.1. The number of fused-ring (bicyclic) bond motifs is 1. The number of anilines is 2. The summed E-state index contributed by atoms with van der Waals surface area (Å²) in [6.45, 7) is 2.04. The molecule has 16 heavy (non-hydrogen) atoms. The lowest BCUT2D eigenvalue weighted by Crippen LogP contribution is -2.24. The highest BCUT2D eigenvalue weighted by Crippen LogP contribution is 2.38. The molecule has 1 aliphatic carbocycles. The molecule has 1 amide bonds. The van der Waals surface area contributed by atoms with Crippen LogP contribution in [0.2, 0.25) is 0 Å². The van der Waals surface area contributed by atoms with E-state index < -0.39 is 0 Å². The van der Waals surface area contributed by atoms with Crippen molar-refractivity contribution in [3.63, 3.8) is 0 Å². The van der Waals surface area contributed by atoms with Crippen molar-refractivity contribution in [2.45, 2.75) is 32.2 Å². The van der Waals surface area contributed by atoms with Crippen LogP contribution in [0.5, 0.6) is 0 Å². The molecular weight excluding hydrogens is 200 g/mol. The lowest BCUT2D eigenvalue weighted by molar-refractivity contribution is -0.116. The molecule has 1 heterocycles. The minimum Gasteiger partial charge on any atom is -0.380 e. The number of benzene rings is 1. The summed E-state index contributed by atoms with van der Waals surface area (Å²) in [6.07, 6.45) is 3.11. The summed E-state index contributed by atoms with van der Waals surface area (Å²) in [7, 11) is 0. The van der Waals surface area contributed by atoms with E-state index in [1.807, 2.05) is 13.0 Å². The Morgan fingerprint density at radius 2 is 2.06 bits per heavy atom. The van der Waals surface area contributed by atoms with E-state index in [1.54, 1.807) is 0 Å². The average molecular weight is 216 g/mol. The van der Waals surface area contributed by atoms with E-state index in [1.165, 1.54) is 18.4 Å². The molecule has 1 aromatic rings. The number of hydrogen-bond donors (Lipinski definition) is 2. The van der Waals surface area contributed by atoms with Gasteiger partial charge in [-0.05, 0) is 43.4 Å². The molecular formula is C13H16N2O. The van der Waals surface area contributed by atoms with Crippen LogP contribution in [0.1, 0.15) is 24.8 Å². The Labute approximate surface area is 95.2 Å². The normalized spacial score (nSPS) is 24.1. The van der Waals surface area contributed by atoms with Gasteiger partial charge in [0.1, 0.15) is 0 Å². The number of amides is 1. The minimum absolute atomic E-state index is 0.133. The van der Waals surface area contributed by atoms with E-state index >= 15 is 0 Å². The van der Waals surface area contributed by atoms with Crippen molar-refractivity contribution in [1.82, 2.24) is 0 Å². The molecule has 1 atom stereocenters. The average Bonchev–Trinajstić information content (AvgIpc) is 3.02. The van der Waals surface area contributed by atoms with Gasteiger partial charge in [-0.3, -0.25) is 4.79 Å². The smallest absolute Gasteiger partial charge is 0.226 e. The molecule has 0 aromatic heterocycles. The molecule has 3 nitrogen and oxygen atoms in total. The van der Waals surface area contributed by atoms with E-state index in [2.05, 4.69) is 22.8 Å². The van der Waals surface area contributed by atoms with Gasteiger partial charge in [-0.15, -0.1) is 0 Å². The number of aryl methyl sites for hydroxylation is 1. The Balaban J connectivity index is 1.94. The van der Waals surface area contributed by atoms with Crippen molar-refractivity contribution >= 4 is 17.3 Å². The van der Waals surface area contributed by atoms with Crippen molar-refractivity contribution in [1.29, 1.82) is 0 Å². The molecule has 1 aliphatic heterocycles. The van der Waals surface area contributed by atoms with Gasteiger partial charge in [0, 0.05) is 12.5 Å². The topological polar surface area (TPSA) is 41.1 Å². The van der Waals surface area contributed by atoms with Crippen LogP contribution in [0, 0.1) is 12.8 Å². The molecule has 0 bridgehead atoms. The summed E-state index contributed by atoms with van der Waals surface area (Å²) in [5.41, 5.74) is 3.16. The fourth-order valence-electron chi connectivity index (χ4n) is 2.32. The monoisotopic (exact) mass is 216 g/mol. The first-order chi connectivity index (χ1) is 7.72. The molecule has 2 N–H and O–H groups in total. The van der Waals surface area contributed by atoms with Crippen molar-refractivity contribution in [2.24, 2.45) is 5.92 Å². The zero-order chi connectivity index (χ0) is 11.1. The van der Waals surface area contributed by atoms with Gasteiger partial charge in [0.2, 0.25) is 5.91 Å². The standard InChI is InChI=1S/C13H16N2O/c1-8-2-5-10-12(6-8)15-13(16)7-11(14-10)9-3-4-9/h2,5-6,9,11,14H,3-4,7H2,1H3,(H,15,16). The summed E-state index contributed by atoms with van der Waals surface area (Å²) in [5, 5.41) is 6.47. The van der Waals surface area contributed by atoms with Gasteiger partial charge in [0.25, 0.3) is 0 Å². The molecule has 1 unspecified atom stereocenters. The number of hydrogen-bond acceptors (Lipinski definition) is 2. The number of rotatable bonds is 1. The second kappa shape index (κ2) is 3.51. The molecule has 0 saturated heterocycles. The van der Waals surface area contributed by atoms with Crippen LogP contribution in [0.3, 0.4) is 0 Å². The zero-order valence-electron chi connectivity index (χ0n) is 9.42. The van der Waals surface area contributed by atoms with Gasteiger partial charge < -0.3 is 10.6 Å². The fourth-order valence-corrected chi connectivity index (χ4v) is 2.32. The zero-order valence-corrected chi connectivity index (χ0v) is 9.42. The first-order valence-electron chi connectivity index (χ1n) is 5.89. The van der Waals surface area contributed by atoms with Crippen LogP contribution in [0.25, 0.3) is 0 Å². The SMILES string of the molecule is Cc1ccc2c(c1)NC(=O)CC(C1CC1)N2. The third-order valence-electron chi connectivity index (χ3n) is 3.39. The van der Waals surface area contributed by atoms with Crippen molar-refractivity contribution < 1.29 is 4.79 Å². The van der Waals surface area contributed by atoms with Gasteiger partial charge in [-0.1, -0.05) is 6.07 Å². The third-order valence-corrected chi connectivity index (χ3v) is 3.39.